The van der Waals surface area contributed by atoms with Crippen LogP contribution in [0.4, 0.5) is 0 Å². The van der Waals surface area contributed by atoms with Gasteiger partial charge in [-0.05, 0) is 97.1 Å². The van der Waals surface area contributed by atoms with Gasteiger partial charge in [-0.3, -0.25) is 9.13 Å². The molecule has 61 heavy (non-hydrogen) atoms. The molecule has 12 rings (SSSR count). The highest BCUT2D eigenvalue weighted by Crippen LogP contribution is 2.35. The zero-order valence-corrected chi connectivity index (χ0v) is 32.6. The number of nitrogens with zero attached hydrogens (tertiary/aromatic N) is 8. The van der Waals surface area contributed by atoms with Gasteiger partial charge in [-0.25, -0.2) is 19.3 Å². The summed E-state index contributed by atoms with van der Waals surface area (Å²) in [5, 5.41) is 14.1. The molecule has 0 N–H and O–H groups in total. The van der Waals surface area contributed by atoms with Gasteiger partial charge in [0.1, 0.15) is 22.8 Å². The van der Waals surface area contributed by atoms with E-state index < -0.39 is 0 Å². The Hall–Kier alpha value is -8.56. The van der Waals surface area contributed by atoms with E-state index in [4.69, 9.17) is 24.9 Å². The van der Waals surface area contributed by atoms with Crippen molar-refractivity contribution in [3.8, 4) is 56.8 Å². The van der Waals surface area contributed by atoms with Gasteiger partial charge in [0, 0.05) is 68.6 Å². The third-order valence-corrected chi connectivity index (χ3v) is 11.4. The number of para-hydroxylation sites is 2. The van der Waals surface area contributed by atoms with Crippen LogP contribution in [0.3, 0.4) is 0 Å². The van der Waals surface area contributed by atoms with Crippen LogP contribution in [-0.4, -0.2) is 38.7 Å². The SMILES string of the molecule is c1cc(Oc2cccc(-n3nccc3-c3ccc(-n4c5ccccc5c5cccnc54)cc3)c2)cc(-n2nccc2-c2ccc(-n3c4ccccc4c4cccnc43)cc2)c1. The molecule has 0 atom stereocenters. The highest BCUT2D eigenvalue weighted by molar-refractivity contribution is 6.08. The number of hydrogen-bond donors (Lipinski definition) is 0. The van der Waals surface area contributed by atoms with Crippen molar-refractivity contribution in [1.29, 1.82) is 0 Å². The largest absolute Gasteiger partial charge is 0.457 e. The minimum absolute atomic E-state index is 0.695. The summed E-state index contributed by atoms with van der Waals surface area (Å²) in [7, 11) is 0. The van der Waals surface area contributed by atoms with Crippen LogP contribution in [0.2, 0.25) is 0 Å². The Morgan fingerprint density at radius 2 is 0.787 bits per heavy atom. The fourth-order valence-corrected chi connectivity index (χ4v) is 8.63. The lowest BCUT2D eigenvalue weighted by Gasteiger charge is -2.13. The van der Waals surface area contributed by atoms with E-state index in [0.29, 0.717) is 11.5 Å². The van der Waals surface area contributed by atoms with Crippen LogP contribution in [0, 0.1) is 0 Å². The second-order valence-corrected chi connectivity index (χ2v) is 14.9. The van der Waals surface area contributed by atoms with Crippen molar-refractivity contribution in [3.05, 3.63) is 207 Å². The van der Waals surface area contributed by atoms with Gasteiger partial charge in [0.15, 0.2) is 0 Å². The summed E-state index contributed by atoms with van der Waals surface area (Å²) >= 11 is 0. The molecule has 0 saturated carbocycles. The van der Waals surface area contributed by atoms with E-state index >= 15 is 0 Å². The Balaban J connectivity index is 0.806. The zero-order valence-electron chi connectivity index (χ0n) is 32.6. The monoisotopic (exact) mass is 786 g/mol. The second-order valence-electron chi connectivity index (χ2n) is 14.9. The first-order chi connectivity index (χ1) is 30.2. The van der Waals surface area contributed by atoms with E-state index in [1.54, 1.807) is 0 Å². The van der Waals surface area contributed by atoms with Gasteiger partial charge < -0.3 is 4.74 Å². The Kier molecular flexibility index (Phi) is 7.95. The fraction of sp³-hybridized carbons (Fsp3) is 0. The highest BCUT2D eigenvalue weighted by atomic mass is 16.5. The van der Waals surface area contributed by atoms with Crippen LogP contribution in [-0.2, 0) is 0 Å². The summed E-state index contributed by atoms with van der Waals surface area (Å²) in [5.74, 6) is 1.39. The molecule has 6 aromatic heterocycles. The number of ether oxygens (including phenoxy) is 1. The molecule has 0 radical (unpaired) electrons. The molecule has 0 aliphatic carbocycles. The normalized spacial score (nSPS) is 11.6. The van der Waals surface area contributed by atoms with Crippen molar-refractivity contribution in [2.45, 2.75) is 0 Å². The number of aromatic nitrogens is 8. The summed E-state index contributed by atoms with van der Waals surface area (Å²) in [6.45, 7) is 0. The maximum Gasteiger partial charge on any atom is 0.145 e. The lowest BCUT2D eigenvalue weighted by Crippen LogP contribution is -2.01. The van der Waals surface area contributed by atoms with Gasteiger partial charge in [0.25, 0.3) is 0 Å². The number of rotatable bonds is 8. The first-order valence-electron chi connectivity index (χ1n) is 20.1. The predicted octanol–water partition coefficient (Wildman–Crippen LogP) is 12.2. The molecule has 0 saturated heterocycles. The molecule has 6 aromatic carbocycles. The van der Waals surface area contributed by atoms with Crippen molar-refractivity contribution in [3.63, 3.8) is 0 Å². The average molecular weight is 787 g/mol. The molecule has 0 aliphatic rings. The first kappa shape index (κ1) is 34.5. The smallest absolute Gasteiger partial charge is 0.145 e. The van der Waals surface area contributed by atoms with Gasteiger partial charge in [-0.2, -0.15) is 10.2 Å². The van der Waals surface area contributed by atoms with Crippen LogP contribution in [0.25, 0.3) is 89.1 Å². The summed E-state index contributed by atoms with van der Waals surface area (Å²) in [6.07, 6.45) is 7.35. The Morgan fingerprint density at radius 3 is 1.26 bits per heavy atom. The third-order valence-electron chi connectivity index (χ3n) is 11.4. The maximum atomic E-state index is 6.50. The van der Waals surface area contributed by atoms with Crippen molar-refractivity contribution in [1.82, 2.24) is 38.7 Å². The Labute approximate surface area is 349 Å². The van der Waals surface area contributed by atoms with Crippen LogP contribution in [0.1, 0.15) is 0 Å². The number of pyridine rings is 2. The summed E-state index contributed by atoms with van der Waals surface area (Å²) < 4.78 is 14.8. The Bertz CT molecular complexity index is 3230. The molecule has 9 heteroatoms. The molecule has 288 valence electrons. The number of fused-ring (bicyclic) bond motifs is 6. The second kappa shape index (κ2) is 14.1. The minimum atomic E-state index is 0.695. The van der Waals surface area contributed by atoms with Gasteiger partial charge in [-0.15, -0.1) is 0 Å². The molecular weight excluding hydrogens is 753 g/mol. The van der Waals surface area contributed by atoms with Gasteiger partial charge in [0.2, 0.25) is 0 Å². The van der Waals surface area contributed by atoms with E-state index in [1.807, 2.05) is 107 Å². The van der Waals surface area contributed by atoms with Crippen molar-refractivity contribution in [2.75, 3.05) is 0 Å². The fourth-order valence-electron chi connectivity index (χ4n) is 8.63. The van der Waals surface area contributed by atoms with Crippen molar-refractivity contribution in [2.24, 2.45) is 0 Å². The maximum absolute atomic E-state index is 6.50. The van der Waals surface area contributed by atoms with Crippen LogP contribution in [0.5, 0.6) is 11.5 Å². The van der Waals surface area contributed by atoms with Crippen LogP contribution < -0.4 is 4.74 Å². The van der Waals surface area contributed by atoms with E-state index in [0.717, 1.165) is 78.4 Å². The molecule has 9 nitrogen and oxygen atoms in total. The molecule has 12 aromatic rings. The molecule has 0 bridgehead atoms. The van der Waals surface area contributed by atoms with E-state index in [-0.39, 0.29) is 0 Å². The van der Waals surface area contributed by atoms with E-state index in [2.05, 4.69) is 118 Å². The lowest BCUT2D eigenvalue weighted by atomic mass is 10.1. The van der Waals surface area contributed by atoms with E-state index in [9.17, 15) is 0 Å². The summed E-state index contributed by atoms with van der Waals surface area (Å²) in [5.41, 5.74) is 12.0. The van der Waals surface area contributed by atoms with Gasteiger partial charge >= 0.3 is 0 Å². The zero-order chi connectivity index (χ0) is 40.3. The van der Waals surface area contributed by atoms with E-state index in [1.165, 1.54) is 10.8 Å². The first-order valence-corrected chi connectivity index (χ1v) is 20.1. The Morgan fingerprint density at radius 1 is 0.344 bits per heavy atom. The van der Waals surface area contributed by atoms with Crippen molar-refractivity contribution < 1.29 is 4.74 Å². The predicted molar refractivity (Wildman–Crippen MR) is 242 cm³/mol. The van der Waals surface area contributed by atoms with Crippen LogP contribution >= 0.6 is 0 Å². The number of hydrogen-bond acceptors (Lipinski definition) is 5. The van der Waals surface area contributed by atoms with Crippen molar-refractivity contribution >= 4 is 43.9 Å². The molecule has 0 fully saturated rings. The quantitative estimate of drug-likeness (QED) is 0.153. The molecule has 6 heterocycles. The standard InChI is InChI=1S/C52H34N8O/c1-3-17-49-43(13-1)45-15-7-29-53-51(45)57(49)37-23-19-35(20-24-37)47-27-31-55-59(47)39-9-5-11-41(33-39)61-42-12-6-10-40(34-42)60-48(28-32-56-60)36-21-25-38(26-22-36)58-50-18-4-2-14-44(50)46-16-8-30-54-52(46)58/h1-34H. The third kappa shape index (κ3) is 5.78. The summed E-state index contributed by atoms with van der Waals surface area (Å²) in [4.78, 5) is 9.49. The van der Waals surface area contributed by atoms with Crippen LogP contribution in [0.15, 0.2) is 207 Å². The topological polar surface area (TPSA) is 80.5 Å². The molecule has 0 spiro atoms. The highest BCUT2D eigenvalue weighted by Gasteiger charge is 2.16. The lowest BCUT2D eigenvalue weighted by molar-refractivity contribution is 0.482. The van der Waals surface area contributed by atoms with Gasteiger partial charge in [0.05, 0.1) is 46.2 Å². The number of benzene rings is 6. The molecular formula is C52H34N8O. The van der Waals surface area contributed by atoms with Gasteiger partial charge in [-0.1, -0.05) is 72.8 Å². The average Bonchev–Trinajstić information content (AvgIpc) is 4.14. The minimum Gasteiger partial charge on any atom is -0.457 e. The molecule has 0 aliphatic heterocycles. The molecule has 0 unspecified atom stereocenters. The summed E-state index contributed by atoms with van der Waals surface area (Å²) in [6, 6.07) is 62.3. The molecule has 0 amide bonds.